The Labute approximate surface area is 159 Å². The van der Waals surface area contributed by atoms with Crippen molar-refractivity contribution in [1.82, 2.24) is 0 Å². The van der Waals surface area contributed by atoms with E-state index in [1.54, 1.807) is 0 Å². The summed E-state index contributed by atoms with van der Waals surface area (Å²) in [6.07, 6.45) is 0. The maximum atomic E-state index is 2.39. The van der Waals surface area contributed by atoms with E-state index in [1.165, 1.54) is 16.8 Å². The molecule has 0 spiro atoms. The van der Waals surface area contributed by atoms with Crippen molar-refractivity contribution in [2.75, 3.05) is 18.0 Å². The van der Waals surface area contributed by atoms with Gasteiger partial charge in [-0.1, -0.05) is 104 Å². The van der Waals surface area contributed by atoms with Crippen LogP contribution in [0.25, 0.3) is 11.1 Å². The van der Waals surface area contributed by atoms with Crippen LogP contribution in [0, 0.1) is 0 Å². The average molecular weight is 346 g/mol. The molecule has 1 heteroatoms. The first kappa shape index (κ1) is 28.1. The lowest BCUT2D eigenvalue weighted by Gasteiger charge is -2.24. The van der Waals surface area contributed by atoms with Crippen LogP contribution in [0.3, 0.4) is 0 Å². The molecule has 0 unspecified atom stereocenters. The van der Waals surface area contributed by atoms with Gasteiger partial charge in [-0.05, 0) is 25.5 Å². The number of hydrogen-bond acceptors (Lipinski definition) is 1. The predicted molar refractivity (Wildman–Crippen MR) is 121 cm³/mol. The van der Waals surface area contributed by atoms with Gasteiger partial charge in [0, 0.05) is 24.3 Å². The molecule has 2 aromatic carbocycles. The summed E-state index contributed by atoms with van der Waals surface area (Å²) in [5.41, 5.74) is 3.93. The molecule has 0 atom stereocenters. The van der Waals surface area contributed by atoms with E-state index in [2.05, 4.69) is 73.3 Å². The first-order chi connectivity index (χ1) is 12.4. The van der Waals surface area contributed by atoms with Crippen LogP contribution in [0.4, 0.5) is 5.69 Å². The van der Waals surface area contributed by atoms with Crippen molar-refractivity contribution < 1.29 is 0 Å². The van der Waals surface area contributed by atoms with Gasteiger partial charge >= 0.3 is 0 Å². The number of nitrogens with zero attached hydrogens (tertiary/aromatic N) is 1. The molecule has 0 N–H and O–H groups in total. The first-order valence-electron chi connectivity index (χ1n) is 10.3. The second kappa shape index (κ2) is 22.2. The van der Waals surface area contributed by atoms with Crippen LogP contribution in [0.1, 0.15) is 69.2 Å². The Balaban J connectivity index is -0.000000533. The van der Waals surface area contributed by atoms with Gasteiger partial charge in [0.15, 0.2) is 0 Å². The zero-order chi connectivity index (χ0) is 20.1. The van der Waals surface area contributed by atoms with E-state index in [-0.39, 0.29) is 0 Å². The van der Waals surface area contributed by atoms with Gasteiger partial charge in [0.25, 0.3) is 0 Å². The molecule has 2 aromatic rings. The van der Waals surface area contributed by atoms with Crippen LogP contribution in [0.15, 0.2) is 54.6 Å². The molecule has 0 fully saturated rings. The molecule has 2 rings (SSSR count). The molecule has 0 aliphatic carbocycles. The fraction of sp³-hybridized carbons (Fsp3) is 0.500. The minimum atomic E-state index is 1.04. The SMILES string of the molecule is CC.CC.CC.CC.CCN(CC)c1ccccc1-c1ccccc1. The predicted octanol–water partition coefficient (Wildman–Crippen LogP) is 8.30. The average Bonchev–Trinajstić information content (AvgIpc) is 2.76. The minimum absolute atomic E-state index is 1.04. The number of benzene rings is 2. The van der Waals surface area contributed by atoms with Crippen LogP contribution in [0.5, 0.6) is 0 Å². The maximum Gasteiger partial charge on any atom is 0.0445 e. The smallest absolute Gasteiger partial charge is 0.0445 e. The lowest BCUT2D eigenvalue weighted by molar-refractivity contribution is 0.867. The van der Waals surface area contributed by atoms with Crippen LogP contribution in [-0.2, 0) is 0 Å². The topological polar surface area (TPSA) is 3.24 Å². The fourth-order valence-electron chi connectivity index (χ4n) is 2.18. The number of para-hydroxylation sites is 1. The lowest BCUT2D eigenvalue weighted by atomic mass is 10.0. The normalized spacial score (nSPS) is 7.92. The van der Waals surface area contributed by atoms with Gasteiger partial charge in [-0.25, -0.2) is 0 Å². The van der Waals surface area contributed by atoms with E-state index in [0.29, 0.717) is 0 Å². The highest BCUT2D eigenvalue weighted by Gasteiger charge is 2.08. The van der Waals surface area contributed by atoms with Gasteiger partial charge in [0.05, 0.1) is 0 Å². The van der Waals surface area contributed by atoms with Gasteiger partial charge in [0.1, 0.15) is 0 Å². The van der Waals surface area contributed by atoms with Gasteiger partial charge in [0.2, 0.25) is 0 Å². The van der Waals surface area contributed by atoms with Crippen molar-refractivity contribution >= 4 is 5.69 Å². The second-order valence-corrected chi connectivity index (χ2v) is 4.06. The standard InChI is InChI=1S/C16H19N.4C2H6/c1-3-17(4-2)16-13-9-8-12-15(16)14-10-6-5-7-11-14;4*1-2/h5-13H,3-4H2,1-2H3;4*1-2H3. The largest absolute Gasteiger partial charge is 0.372 e. The van der Waals surface area contributed by atoms with Crippen molar-refractivity contribution in [3.8, 4) is 11.1 Å². The molecular weight excluding hydrogens is 302 g/mol. The Bertz CT molecular complexity index is 459. The van der Waals surface area contributed by atoms with Gasteiger partial charge < -0.3 is 4.90 Å². The molecule has 144 valence electrons. The molecule has 0 radical (unpaired) electrons. The molecule has 0 bridgehead atoms. The van der Waals surface area contributed by atoms with Gasteiger partial charge in [-0.3, -0.25) is 0 Å². The minimum Gasteiger partial charge on any atom is -0.372 e. The van der Waals surface area contributed by atoms with Crippen molar-refractivity contribution in [3.63, 3.8) is 0 Å². The Morgan fingerprint density at radius 1 is 0.560 bits per heavy atom. The Hall–Kier alpha value is -1.76. The lowest BCUT2D eigenvalue weighted by Crippen LogP contribution is -2.22. The third-order valence-corrected chi connectivity index (χ3v) is 3.09. The molecule has 0 aromatic heterocycles. The molecule has 1 nitrogen and oxygen atoms in total. The molecular formula is C24H43N. The zero-order valence-electron chi connectivity index (χ0n) is 18.6. The third-order valence-electron chi connectivity index (χ3n) is 3.09. The molecule has 0 saturated carbocycles. The summed E-state index contributed by atoms with van der Waals surface area (Å²) < 4.78 is 0. The highest BCUT2D eigenvalue weighted by molar-refractivity contribution is 5.78. The molecule has 25 heavy (non-hydrogen) atoms. The van der Waals surface area contributed by atoms with Crippen LogP contribution < -0.4 is 4.90 Å². The zero-order valence-corrected chi connectivity index (χ0v) is 18.6. The third kappa shape index (κ3) is 10.7. The van der Waals surface area contributed by atoms with Crippen molar-refractivity contribution in [2.45, 2.75) is 69.2 Å². The maximum absolute atomic E-state index is 2.39. The van der Waals surface area contributed by atoms with Crippen LogP contribution in [-0.4, -0.2) is 13.1 Å². The molecule has 0 aliphatic rings. The van der Waals surface area contributed by atoms with E-state index in [9.17, 15) is 0 Å². The van der Waals surface area contributed by atoms with Crippen molar-refractivity contribution in [3.05, 3.63) is 54.6 Å². The quantitative estimate of drug-likeness (QED) is 0.538. The fourth-order valence-corrected chi connectivity index (χ4v) is 2.18. The van der Waals surface area contributed by atoms with Gasteiger partial charge in [-0.15, -0.1) is 0 Å². The van der Waals surface area contributed by atoms with E-state index in [4.69, 9.17) is 0 Å². The summed E-state index contributed by atoms with van der Waals surface area (Å²) in [7, 11) is 0. The van der Waals surface area contributed by atoms with Crippen LogP contribution >= 0.6 is 0 Å². The van der Waals surface area contributed by atoms with E-state index < -0.39 is 0 Å². The monoisotopic (exact) mass is 345 g/mol. The number of rotatable bonds is 4. The highest BCUT2D eigenvalue weighted by atomic mass is 15.1. The van der Waals surface area contributed by atoms with Crippen LogP contribution in [0.2, 0.25) is 0 Å². The Kier molecular flexibility index (Phi) is 25.0. The number of anilines is 1. The summed E-state index contributed by atoms with van der Waals surface area (Å²) >= 11 is 0. The summed E-state index contributed by atoms with van der Waals surface area (Å²) in [5, 5.41) is 0. The molecule has 0 saturated heterocycles. The van der Waals surface area contributed by atoms with Crippen molar-refractivity contribution in [1.29, 1.82) is 0 Å². The second-order valence-electron chi connectivity index (χ2n) is 4.06. The summed E-state index contributed by atoms with van der Waals surface area (Å²) in [4.78, 5) is 2.39. The number of hydrogen-bond donors (Lipinski definition) is 0. The molecule has 0 aliphatic heterocycles. The Morgan fingerprint density at radius 3 is 1.40 bits per heavy atom. The molecule has 0 heterocycles. The highest BCUT2D eigenvalue weighted by Crippen LogP contribution is 2.30. The Morgan fingerprint density at radius 2 is 0.960 bits per heavy atom. The summed E-state index contributed by atoms with van der Waals surface area (Å²) in [6.45, 7) is 22.5. The summed E-state index contributed by atoms with van der Waals surface area (Å²) in [5.74, 6) is 0. The van der Waals surface area contributed by atoms with Crippen molar-refractivity contribution in [2.24, 2.45) is 0 Å². The summed E-state index contributed by atoms with van der Waals surface area (Å²) in [6, 6.07) is 19.2. The van der Waals surface area contributed by atoms with E-state index in [0.717, 1.165) is 13.1 Å². The van der Waals surface area contributed by atoms with E-state index in [1.807, 2.05) is 55.4 Å². The molecule has 0 amide bonds. The first-order valence-corrected chi connectivity index (χ1v) is 10.3. The van der Waals surface area contributed by atoms with Gasteiger partial charge in [-0.2, -0.15) is 0 Å². The van der Waals surface area contributed by atoms with E-state index >= 15 is 0 Å².